The van der Waals surface area contributed by atoms with E-state index in [0.717, 1.165) is 42.8 Å². The van der Waals surface area contributed by atoms with Crippen molar-refractivity contribution < 1.29 is 27.5 Å². The molecule has 6 aromatic rings. The minimum absolute atomic E-state index is 0.795. The number of anilines is 4. The zero-order chi connectivity index (χ0) is 28.9. The highest BCUT2D eigenvalue weighted by Gasteiger charge is 2.08. The molecule has 4 heterocycles. The van der Waals surface area contributed by atoms with Crippen LogP contribution in [0.5, 0.6) is 0 Å². The number of aromatic amines is 2. The first-order valence-corrected chi connectivity index (χ1v) is 14.7. The number of hydrogen-bond donors (Lipinski definition) is 2. The van der Waals surface area contributed by atoms with E-state index in [9.17, 15) is 0 Å². The number of H-pyrrole nitrogens is 2. The van der Waals surface area contributed by atoms with Crippen LogP contribution in [0.15, 0.2) is 110 Å². The number of para-hydroxylation sites is 2. The Morgan fingerprint density at radius 1 is 0.561 bits per heavy atom. The van der Waals surface area contributed by atoms with Gasteiger partial charge in [-0.1, -0.05) is 59.1 Å². The van der Waals surface area contributed by atoms with Crippen molar-refractivity contribution >= 4 is 54.7 Å². The number of pyridine rings is 2. The molecule has 0 bridgehead atoms. The predicted molar refractivity (Wildman–Crippen MR) is 154 cm³/mol. The lowest BCUT2D eigenvalue weighted by atomic mass is 10.3. The molecule has 0 saturated heterocycles. The lowest BCUT2D eigenvalue weighted by Gasteiger charge is -2.06. The van der Waals surface area contributed by atoms with Gasteiger partial charge in [0.25, 0.3) is 0 Å². The van der Waals surface area contributed by atoms with Crippen LogP contribution in [0.1, 0.15) is 0 Å². The smallest absolute Gasteiger partial charge is 0.210 e. The summed E-state index contributed by atoms with van der Waals surface area (Å²) < 4.78 is 34.1. The van der Waals surface area contributed by atoms with E-state index in [1.807, 2.05) is 110 Å². The second-order valence-electron chi connectivity index (χ2n) is 7.79. The molecule has 0 aliphatic heterocycles. The first-order chi connectivity index (χ1) is 19.8. The van der Waals surface area contributed by atoms with Crippen LogP contribution in [-0.4, -0.2) is 37.9 Å². The molecule has 0 radical (unpaired) electrons. The highest BCUT2D eigenvalue weighted by molar-refractivity contribution is 7.79. The van der Waals surface area contributed by atoms with Gasteiger partial charge < -0.3 is 19.7 Å². The Morgan fingerprint density at radius 3 is 1.24 bits per heavy atom. The van der Waals surface area contributed by atoms with Crippen LogP contribution >= 0.6 is 22.7 Å². The summed E-state index contributed by atoms with van der Waals surface area (Å²) >= 11 is 3.07. The number of benzene rings is 2. The molecule has 0 fully saturated rings. The SMILES string of the molecule is O=S(=O)([O-])[O-].c1ccc(Nc2nnc(-c3cc[nH+]cc3)s2)cc1.c1ccc(Nc2nnc(-c3cc[nH+]cc3)s2)cc1. The largest absolute Gasteiger partial charge is 0.759 e. The van der Waals surface area contributed by atoms with Crippen LogP contribution in [0.3, 0.4) is 0 Å². The van der Waals surface area contributed by atoms with Gasteiger partial charge in [0.2, 0.25) is 10.3 Å². The van der Waals surface area contributed by atoms with Gasteiger partial charge in [-0.25, -0.2) is 9.97 Å². The summed E-state index contributed by atoms with van der Waals surface area (Å²) in [6, 6.07) is 27.8. The van der Waals surface area contributed by atoms with E-state index in [1.165, 1.54) is 22.7 Å². The number of nitrogens with one attached hydrogen (secondary N) is 4. The van der Waals surface area contributed by atoms with Crippen molar-refractivity contribution in [3.05, 3.63) is 110 Å². The van der Waals surface area contributed by atoms with Gasteiger partial charge in [-0.2, -0.15) is 0 Å². The summed E-state index contributed by atoms with van der Waals surface area (Å²) in [6.45, 7) is 0. The molecule has 208 valence electrons. The second kappa shape index (κ2) is 14.6. The molecule has 0 atom stereocenters. The molecule has 0 spiro atoms. The third-order valence-corrected chi connectivity index (χ3v) is 6.61. The van der Waals surface area contributed by atoms with Crippen LogP contribution in [0.25, 0.3) is 21.1 Å². The van der Waals surface area contributed by atoms with Gasteiger partial charge in [0.1, 0.15) is 10.0 Å². The average Bonchev–Trinajstić information content (AvgIpc) is 3.65. The Kier molecular flexibility index (Phi) is 10.5. The summed E-state index contributed by atoms with van der Waals surface area (Å²) in [7, 11) is -5.17. The summed E-state index contributed by atoms with van der Waals surface area (Å²) in [6.07, 6.45) is 7.50. The van der Waals surface area contributed by atoms with Gasteiger partial charge in [-0.15, -0.1) is 20.4 Å². The van der Waals surface area contributed by atoms with E-state index in [-0.39, 0.29) is 0 Å². The van der Waals surface area contributed by atoms with Gasteiger partial charge in [0.15, 0.2) is 24.8 Å². The fourth-order valence-corrected chi connectivity index (χ4v) is 4.67. The Bertz CT molecular complexity index is 1600. The van der Waals surface area contributed by atoms with Crippen LogP contribution in [0.2, 0.25) is 0 Å². The molecule has 2 aromatic carbocycles. The van der Waals surface area contributed by atoms with Crippen molar-refractivity contribution in [2.24, 2.45) is 0 Å². The normalized spacial score (nSPS) is 10.4. The minimum atomic E-state index is -5.17. The van der Waals surface area contributed by atoms with Crippen molar-refractivity contribution in [2.45, 2.75) is 0 Å². The van der Waals surface area contributed by atoms with E-state index in [0.29, 0.717) is 0 Å². The second-order valence-corrected chi connectivity index (χ2v) is 10.6. The standard InChI is InChI=1S/2C13H10N4S.H2O4S/c2*1-2-4-11(5-3-1)15-13-17-16-12(18-13)10-6-8-14-9-7-10;1-5(2,3)4/h2*1-9H,(H,15,17);(H2,1,2,3,4). The first-order valence-electron chi connectivity index (χ1n) is 11.7. The number of nitrogens with zero attached hydrogens (tertiary/aromatic N) is 4. The molecule has 41 heavy (non-hydrogen) atoms. The molecule has 4 N–H and O–H groups in total. The summed E-state index contributed by atoms with van der Waals surface area (Å²) in [5.41, 5.74) is 4.16. The topological polar surface area (TPSA) is 184 Å². The zero-order valence-electron chi connectivity index (χ0n) is 21.0. The zero-order valence-corrected chi connectivity index (χ0v) is 23.5. The van der Waals surface area contributed by atoms with Gasteiger partial charge in [-0.05, 0) is 24.3 Å². The lowest BCUT2D eigenvalue weighted by molar-refractivity contribution is -0.378. The van der Waals surface area contributed by atoms with Gasteiger partial charge >= 0.3 is 0 Å². The van der Waals surface area contributed by atoms with Gasteiger partial charge in [0.05, 0.1) is 0 Å². The van der Waals surface area contributed by atoms with E-state index in [1.54, 1.807) is 0 Å². The monoisotopic (exact) mass is 606 g/mol. The highest BCUT2D eigenvalue weighted by atomic mass is 32.3. The summed E-state index contributed by atoms with van der Waals surface area (Å²) in [5.74, 6) is 0. The summed E-state index contributed by atoms with van der Waals surface area (Å²) in [4.78, 5) is 5.98. The molecule has 12 nitrogen and oxygen atoms in total. The quantitative estimate of drug-likeness (QED) is 0.206. The van der Waals surface area contributed by atoms with Crippen molar-refractivity contribution in [3.63, 3.8) is 0 Å². The average molecular weight is 607 g/mol. The van der Waals surface area contributed by atoms with E-state index < -0.39 is 10.4 Å². The van der Waals surface area contributed by atoms with Crippen LogP contribution in [-0.2, 0) is 10.4 Å². The van der Waals surface area contributed by atoms with Gasteiger partial charge in [-0.3, -0.25) is 8.42 Å². The highest BCUT2D eigenvalue weighted by Crippen LogP contribution is 2.28. The molecule has 15 heteroatoms. The molecular weight excluding hydrogens is 585 g/mol. The van der Waals surface area contributed by atoms with E-state index in [2.05, 4.69) is 41.0 Å². The molecule has 6 rings (SSSR count). The molecule has 0 saturated carbocycles. The van der Waals surface area contributed by atoms with E-state index >= 15 is 0 Å². The lowest BCUT2D eigenvalue weighted by Crippen LogP contribution is -1.96. The Labute approximate surface area is 243 Å². The van der Waals surface area contributed by atoms with Crippen LogP contribution < -0.4 is 20.6 Å². The molecule has 0 aliphatic carbocycles. The van der Waals surface area contributed by atoms with Crippen LogP contribution in [0.4, 0.5) is 21.6 Å². The number of rotatable bonds is 6. The Hall–Kier alpha value is -4.67. The van der Waals surface area contributed by atoms with Crippen molar-refractivity contribution in [3.8, 4) is 21.1 Å². The van der Waals surface area contributed by atoms with Crippen molar-refractivity contribution in [1.29, 1.82) is 0 Å². The third kappa shape index (κ3) is 10.4. The Balaban J connectivity index is 0.000000163. The Morgan fingerprint density at radius 2 is 0.902 bits per heavy atom. The predicted octanol–water partition coefficient (Wildman–Crippen LogP) is 4.19. The number of aromatic nitrogens is 6. The molecule has 0 aliphatic rings. The maximum absolute atomic E-state index is 8.52. The summed E-state index contributed by atoms with van der Waals surface area (Å²) in [5, 5.41) is 26.5. The van der Waals surface area contributed by atoms with E-state index in [4.69, 9.17) is 17.5 Å². The van der Waals surface area contributed by atoms with Crippen molar-refractivity contribution in [1.82, 2.24) is 20.4 Å². The first kappa shape index (κ1) is 29.3. The number of hydrogen-bond acceptors (Lipinski definition) is 12. The maximum atomic E-state index is 8.52. The third-order valence-electron chi connectivity index (χ3n) is 4.83. The van der Waals surface area contributed by atoms with Crippen molar-refractivity contribution in [2.75, 3.05) is 10.6 Å². The van der Waals surface area contributed by atoms with Crippen LogP contribution in [0, 0.1) is 0 Å². The van der Waals surface area contributed by atoms with Gasteiger partial charge in [0, 0.05) is 57.2 Å². The fourth-order valence-electron chi connectivity index (χ4n) is 3.13. The maximum Gasteiger partial charge on any atom is 0.210 e. The minimum Gasteiger partial charge on any atom is -0.759 e. The molecule has 0 amide bonds. The fraction of sp³-hybridized carbons (Fsp3) is 0. The molecule has 4 aromatic heterocycles. The molecular formula is C26H22N8O4S3. The molecule has 0 unspecified atom stereocenters.